The molecule has 4 heteroatoms. The number of carbonyl (C=O) groups excluding carboxylic acids is 1. The molecule has 1 aliphatic rings. The molecule has 0 bridgehead atoms. The van der Waals surface area contributed by atoms with Crippen LogP contribution < -0.4 is 5.32 Å². The second kappa shape index (κ2) is 8.21. The van der Waals surface area contributed by atoms with Gasteiger partial charge in [0.2, 0.25) is 11.9 Å². The second-order valence-electron chi connectivity index (χ2n) is 7.40. The summed E-state index contributed by atoms with van der Waals surface area (Å²) in [5.41, 5.74) is 2.44. The Morgan fingerprint density at radius 3 is 2.48 bits per heavy atom. The number of hydrogen-bond acceptors (Lipinski definition) is 2. The second-order valence-corrected chi connectivity index (χ2v) is 7.40. The zero-order chi connectivity index (χ0) is 18.5. The van der Waals surface area contributed by atoms with Gasteiger partial charge in [-0.25, -0.2) is 4.98 Å². The highest BCUT2D eigenvalue weighted by Gasteiger charge is 2.23. The van der Waals surface area contributed by atoms with E-state index in [0.29, 0.717) is 12.4 Å². The van der Waals surface area contributed by atoms with Gasteiger partial charge in [0.05, 0.1) is 0 Å². The van der Waals surface area contributed by atoms with Gasteiger partial charge in [-0.05, 0) is 42.2 Å². The highest BCUT2D eigenvalue weighted by molar-refractivity contribution is 5.89. The van der Waals surface area contributed by atoms with Gasteiger partial charge in [-0.2, -0.15) is 0 Å². The lowest BCUT2D eigenvalue weighted by atomic mass is 9.89. The van der Waals surface area contributed by atoms with Crippen molar-refractivity contribution >= 4 is 11.9 Å². The van der Waals surface area contributed by atoms with Crippen LogP contribution in [-0.4, -0.2) is 15.5 Å². The topological polar surface area (TPSA) is 46.9 Å². The third-order valence-electron chi connectivity index (χ3n) is 5.15. The summed E-state index contributed by atoms with van der Waals surface area (Å²) in [6, 6.07) is 20.7. The Balaban J connectivity index is 1.45. The van der Waals surface area contributed by atoms with Crippen molar-refractivity contribution in [3.05, 3.63) is 84.2 Å². The van der Waals surface area contributed by atoms with Crippen molar-refractivity contribution in [3.8, 4) is 0 Å². The monoisotopic (exact) mass is 359 g/mol. The molecule has 1 N–H and O–H groups in total. The first-order chi connectivity index (χ1) is 13.3. The molecule has 0 aliphatic heterocycles. The quantitative estimate of drug-likeness (QED) is 0.636. The predicted octanol–water partition coefficient (Wildman–Crippen LogP) is 4.65. The van der Waals surface area contributed by atoms with Crippen LogP contribution in [0.3, 0.4) is 0 Å². The number of imidazole rings is 1. The first-order valence-electron chi connectivity index (χ1n) is 9.68. The highest BCUT2D eigenvalue weighted by atomic mass is 16.1. The molecule has 1 atom stereocenters. The highest BCUT2D eigenvalue weighted by Crippen LogP contribution is 2.31. The maximum absolute atomic E-state index is 12.8. The Bertz CT molecular complexity index is 869. The summed E-state index contributed by atoms with van der Waals surface area (Å²) >= 11 is 0. The van der Waals surface area contributed by atoms with Crippen molar-refractivity contribution in [2.45, 2.75) is 38.1 Å². The van der Waals surface area contributed by atoms with Gasteiger partial charge in [-0.3, -0.25) is 10.1 Å². The zero-order valence-corrected chi connectivity index (χ0v) is 15.4. The summed E-state index contributed by atoms with van der Waals surface area (Å²) in [5.74, 6) is 1.56. The predicted molar refractivity (Wildman–Crippen MR) is 108 cm³/mol. The Morgan fingerprint density at radius 2 is 1.78 bits per heavy atom. The van der Waals surface area contributed by atoms with Crippen LogP contribution in [0.1, 0.15) is 36.3 Å². The third-order valence-corrected chi connectivity index (χ3v) is 5.15. The number of carbonyl (C=O) groups is 1. The number of aromatic nitrogens is 2. The van der Waals surface area contributed by atoms with Crippen molar-refractivity contribution < 1.29 is 4.79 Å². The summed E-state index contributed by atoms with van der Waals surface area (Å²) in [6.45, 7) is 0.946. The molecule has 4 rings (SSSR count). The molecule has 0 radical (unpaired) electrons. The van der Waals surface area contributed by atoms with Crippen LogP contribution in [0.5, 0.6) is 0 Å². The van der Waals surface area contributed by atoms with E-state index >= 15 is 0 Å². The molecule has 1 aromatic heterocycles. The number of nitrogens with one attached hydrogen (secondary N) is 1. The van der Waals surface area contributed by atoms with Crippen molar-refractivity contribution in [2.24, 2.45) is 5.92 Å². The lowest BCUT2D eigenvalue weighted by molar-refractivity contribution is -0.116. The van der Waals surface area contributed by atoms with Crippen LogP contribution >= 0.6 is 0 Å². The number of nitrogens with zero attached hydrogens (tertiary/aromatic N) is 2. The van der Waals surface area contributed by atoms with Gasteiger partial charge in [0.1, 0.15) is 0 Å². The maximum atomic E-state index is 12.8. The van der Waals surface area contributed by atoms with Crippen LogP contribution in [0, 0.1) is 5.92 Å². The maximum Gasteiger partial charge on any atom is 0.227 e. The number of benzene rings is 2. The molecule has 3 aromatic rings. The molecule has 27 heavy (non-hydrogen) atoms. The first kappa shape index (κ1) is 17.5. The first-order valence-corrected chi connectivity index (χ1v) is 9.68. The van der Waals surface area contributed by atoms with Gasteiger partial charge in [0.25, 0.3) is 0 Å². The molecule has 0 saturated heterocycles. The van der Waals surface area contributed by atoms with Crippen LogP contribution in [-0.2, 0) is 17.8 Å². The largest absolute Gasteiger partial charge is 0.317 e. The van der Waals surface area contributed by atoms with Crippen molar-refractivity contribution in [3.63, 3.8) is 0 Å². The zero-order valence-electron chi connectivity index (χ0n) is 15.4. The van der Waals surface area contributed by atoms with Gasteiger partial charge in [-0.1, -0.05) is 60.7 Å². The fourth-order valence-corrected chi connectivity index (χ4v) is 3.49. The van der Waals surface area contributed by atoms with E-state index in [1.54, 1.807) is 6.20 Å². The molecule has 2 aromatic carbocycles. The van der Waals surface area contributed by atoms with E-state index in [0.717, 1.165) is 18.9 Å². The molecular weight excluding hydrogens is 334 g/mol. The van der Waals surface area contributed by atoms with E-state index in [2.05, 4.69) is 39.1 Å². The van der Waals surface area contributed by atoms with Crippen LogP contribution in [0.15, 0.2) is 73.1 Å². The Hall–Kier alpha value is -2.88. The van der Waals surface area contributed by atoms with Crippen LogP contribution in [0.2, 0.25) is 0 Å². The Kier molecular flexibility index (Phi) is 5.33. The molecule has 1 amide bonds. The Morgan fingerprint density at radius 1 is 1.07 bits per heavy atom. The average molecular weight is 359 g/mol. The molecule has 1 saturated carbocycles. The fourth-order valence-electron chi connectivity index (χ4n) is 3.49. The molecule has 0 spiro atoms. The van der Waals surface area contributed by atoms with Crippen LogP contribution in [0.4, 0.5) is 5.95 Å². The van der Waals surface area contributed by atoms with Crippen molar-refractivity contribution in [1.82, 2.24) is 9.55 Å². The molecule has 4 nitrogen and oxygen atoms in total. The number of hydrogen-bond donors (Lipinski definition) is 1. The minimum absolute atomic E-state index is 0.0167. The molecule has 1 unspecified atom stereocenters. The van der Waals surface area contributed by atoms with Gasteiger partial charge < -0.3 is 4.57 Å². The van der Waals surface area contributed by atoms with Crippen molar-refractivity contribution in [2.75, 3.05) is 5.32 Å². The van der Waals surface area contributed by atoms with Crippen LogP contribution in [0.25, 0.3) is 0 Å². The summed E-state index contributed by atoms with van der Waals surface area (Å²) in [6.07, 6.45) is 7.55. The fraction of sp³-hybridized carbons (Fsp3) is 0.304. The van der Waals surface area contributed by atoms with E-state index in [9.17, 15) is 4.79 Å². The minimum Gasteiger partial charge on any atom is -0.317 e. The summed E-state index contributed by atoms with van der Waals surface area (Å²) in [7, 11) is 0. The lowest BCUT2D eigenvalue weighted by Gasteiger charge is -2.18. The molecule has 1 fully saturated rings. The SMILES string of the molecule is O=C(CC(Cc1ccccc1)c1ccccc1)Nc1nccn1CC1CC1. The molecular formula is C23H25N3O. The number of amides is 1. The van der Waals surface area contributed by atoms with E-state index < -0.39 is 0 Å². The summed E-state index contributed by atoms with van der Waals surface area (Å²) < 4.78 is 2.06. The normalized spacial score (nSPS) is 14.7. The Labute approximate surface area is 160 Å². The minimum atomic E-state index is 0.0167. The summed E-state index contributed by atoms with van der Waals surface area (Å²) in [4.78, 5) is 17.1. The van der Waals surface area contributed by atoms with Crippen molar-refractivity contribution in [1.29, 1.82) is 0 Å². The smallest absolute Gasteiger partial charge is 0.227 e. The van der Waals surface area contributed by atoms with Gasteiger partial charge >= 0.3 is 0 Å². The van der Waals surface area contributed by atoms with E-state index in [-0.39, 0.29) is 11.8 Å². The lowest BCUT2D eigenvalue weighted by Crippen LogP contribution is -2.19. The van der Waals surface area contributed by atoms with Gasteiger partial charge in [0, 0.05) is 25.4 Å². The number of anilines is 1. The third kappa shape index (κ3) is 4.85. The molecule has 1 heterocycles. The standard InChI is InChI=1S/C23H25N3O/c27-22(25-23-24-13-14-26(23)17-19-11-12-19)16-21(20-9-5-2-6-10-20)15-18-7-3-1-4-8-18/h1-10,13-14,19,21H,11-12,15-17H2,(H,24,25,27). The number of rotatable bonds is 8. The summed E-state index contributed by atoms with van der Waals surface area (Å²) in [5, 5.41) is 3.02. The van der Waals surface area contributed by atoms with E-state index in [1.165, 1.54) is 24.0 Å². The molecule has 1 aliphatic carbocycles. The molecule has 138 valence electrons. The van der Waals surface area contributed by atoms with E-state index in [4.69, 9.17) is 0 Å². The van der Waals surface area contributed by atoms with Gasteiger partial charge in [-0.15, -0.1) is 0 Å². The van der Waals surface area contributed by atoms with E-state index in [1.807, 2.05) is 42.6 Å². The van der Waals surface area contributed by atoms with Gasteiger partial charge in [0.15, 0.2) is 0 Å². The average Bonchev–Trinajstić information content (AvgIpc) is 3.42.